The fraction of sp³-hybridized carbons (Fsp3) is 0.480. The summed E-state index contributed by atoms with van der Waals surface area (Å²) >= 11 is 0. The lowest BCUT2D eigenvalue weighted by Crippen LogP contribution is -2.50. The lowest BCUT2D eigenvalue weighted by Gasteiger charge is -2.35. The van der Waals surface area contributed by atoms with E-state index in [4.69, 9.17) is 28.7 Å². The van der Waals surface area contributed by atoms with Crippen molar-refractivity contribution < 1.29 is 38.6 Å². The van der Waals surface area contributed by atoms with Crippen molar-refractivity contribution in [1.29, 1.82) is 0 Å². The Labute approximate surface area is 210 Å². The Kier molecular flexibility index (Phi) is 4.06. The van der Waals surface area contributed by atoms with Crippen molar-refractivity contribution in [2.75, 3.05) is 58.2 Å². The monoisotopic (exact) mass is 455 g/mol. The van der Waals surface area contributed by atoms with Gasteiger partial charge < -0.3 is 19.9 Å². The minimum Gasteiger partial charge on any atom is -0.493 e. The predicted molar refractivity (Wildman–Crippen MR) is 127 cm³/mol. The first-order chi connectivity index (χ1) is 20.9. The fourth-order valence-corrected chi connectivity index (χ4v) is 3.13. The second kappa shape index (κ2) is 11.3. The molecule has 0 saturated carbocycles. The van der Waals surface area contributed by atoms with Gasteiger partial charge >= 0.3 is 0 Å². The van der Waals surface area contributed by atoms with Gasteiger partial charge in [0.05, 0.1) is 21.8 Å². The van der Waals surface area contributed by atoms with Gasteiger partial charge in [-0.1, -0.05) is 24.2 Å². The van der Waals surface area contributed by atoms with Crippen LogP contribution < -0.4 is 14.8 Å². The van der Waals surface area contributed by atoms with E-state index < -0.39 is 74.7 Å². The maximum atomic E-state index is 13.1. The normalized spacial score (nSPS) is 24.9. The number of β-amino-alcohol motifs (C(OH)–C–C–N with tert-alkyl or cyclic N) is 1. The minimum absolute atomic E-state index is 0.0613. The largest absolute Gasteiger partial charge is 0.493 e. The first-order valence-corrected chi connectivity index (χ1v) is 9.92. The van der Waals surface area contributed by atoms with Crippen LogP contribution in [-0.4, -0.2) is 79.8 Å². The Hall–Kier alpha value is -2.61. The van der Waals surface area contributed by atoms with Crippen LogP contribution in [0, 0.1) is 20.6 Å². The standard InChI is InChI=1S/C25H35N3O4/c1-18-9-10-19(2)25(20(18)3)26-24(30)16-28-13-11-27(12-14-28)15-21(29)17-32-23-8-6-5-7-22(23)31-4/h5-10,21,29H,11-17H2,1-4H3,(H,26,30)/i2D3,3D3,4D3,9D,10D,15D2,21D. The van der Waals surface area contributed by atoms with E-state index in [1.807, 2.05) is 0 Å². The molecule has 7 heteroatoms. The molecule has 1 atom stereocenters. The molecule has 3 rings (SSSR count). The molecule has 0 aliphatic carbocycles. The number of carbonyl (C=O) groups is 1. The lowest BCUT2D eigenvalue weighted by atomic mass is 10.0. The van der Waals surface area contributed by atoms with E-state index in [9.17, 15) is 9.90 Å². The quantitative estimate of drug-likeness (QED) is 0.606. The molecule has 7 nitrogen and oxygen atoms in total. The van der Waals surface area contributed by atoms with E-state index in [1.165, 1.54) is 36.1 Å². The highest BCUT2D eigenvalue weighted by Gasteiger charge is 2.22. The summed E-state index contributed by atoms with van der Waals surface area (Å²) in [6.07, 6.45) is -2.84. The fourth-order valence-electron chi connectivity index (χ4n) is 3.13. The Balaban J connectivity index is 1.70. The molecule has 1 saturated heterocycles. The van der Waals surface area contributed by atoms with Crippen molar-refractivity contribution in [3.8, 4) is 11.5 Å². The number of anilines is 1. The molecule has 0 spiro atoms. The summed E-state index contributed by atoms with van der Waals surface area (Å²) < 4.78 is 121. The molecule has 174 valence electrons. The van der Waals surface area contributed by atoms with Crippen LogP contribution in [0.4, 0.5) is 5.69 Å². The van der Waals surface area contributed by atoms with Crippen LogP contribution in [0.1, 0.15) is 35.9 Å². The summed E-state index contributed by atoms with van der Waals surface area (Å²) in [5.41, 5.74) is -2.03. The SMILES string of the molecule is [2H]c1c([2H])c(C([2H])([2H])[2H])c(NC(=O)CN2CCN(C([2H])([2H])C([2H])(O)COc3ccccc3OC([2H])([2H])[2H])CC2)c(C([2H])([2H])[2H])c1C. The van der Waals surface area contributed by atoms with Gasteiger partial charge in [0.25, 0.3) is 0 Å². The number of rotatable bonds is 9. The number of amides is 1. The Bertz CT molecular complexity index is 1380. The minimum atomic E-state index is -3.01. The third-order valence-corrected chi connectivity index (χ3v) is 4.86. The summed E-state index contributed by atoms with van der Waals surface area (Å²) in [6.45, 7) is -8.60. The maximum absolute atomic E-state index is 13.1. The van der Waals surface area contributed by atoms with Gasteiger partial charge in [0.1, 0.15) is 12.7 Å². The van der Waals surface area contributed by atoms with Crippen molar-refractivity contribution in [3.05, 3.63) is 53.0 Å². The Morgan fingerprint density at radius 3 is 2.66 bits per heavy atom. The van der Waals surface area contributed by atoms with Crippen LogP contribution in [0.25, 0.3) is 0 Å². The molecule has 0 bridgehead atoms. The van der Waals surface area contributed by atoms with Crippen LogP contribution in [0.5, 0.6) is 11.5 Å². The van der Waals surface area contributed by atoms with Gasteiger partial charge in [-0.2, -0.15) is 0 Å². The van der Waals surface area contributed by atoms with E-state index in [-0.39, 0.29) is 49.8 Å². The number of ether oxygens (including phenoxy) is 2. The highest BCUT2D eigenvalue weighted by atomic mass is 16.5. The first-order valence-electron chi connectivity index (χ1n) is 16.9. The number of aliphatic hydroxyl groups is 1. The number of piperazine rings is 1. The molecule has 2 N–H and O–H groups in total. The summed E-state index contributed by atoms with van der Waals surface area (Å²) in [4.78, 5) is 15.8. The van der Waals surface area contributed by atoms with Crippen LogP contribution >= 0.6 is 0 Å². The molecule has 0 radical (unpaired) electrons. The first kappa shape index (κ1) is 11.5. The van der Waals surface area contributed by atoms with E-state index in [0.717, 1.165) is 0 Å². The molecule has 2 aromatic rings. The zero-order chi connectivity index (χ0) is 35.0. The van der Waals surface area contributed by atoms with Crippen LogP contribution in [0.3, 0.4) is 0 Å². The zero-order valence-corrected chi connectivity index (χ0v) is 17.6. The average Bonchev–Trinajstić information content (AvgIpc) is 2.89. The van der Waals surface area contributed by atoms with E-state index in [2.05, 4.69) is 5.32 Å². The van der Waals surface area contributed by atoms with Gasteiger partial charge in [-0.25, -0.2) is 0 Å². The average molecular weight is 456 g/mol. The lowest BCUT2D eigenvalue weighted by molar-refractivity contribution is -0.117. The highest BCUT2D eigenvalue weighted by Crippen LogP contribution is 2.26. The third-order valence-electron chi connectivity index (χ3n) is 4.86. The predicted octanol–water partition coefficient (Wildman–Crippen LogP) is 2.62. The van der Waals surface area contributed by atoms with Gasteiger partial charge in [0.2, 0.25) is 5.91 Å². The number of benzene rings is 2. The van der Waals surface area contributed by atoms with Crippen molar-refractivity contribution in [2.24, 2.45) is 0 Å². The Morgan fingerprint density at radius 2 is 1.94 bits per heavy atom. The molecule has 1 aliphatic rings. The van der Waals surface area contributed by atoms with Crippen LogP contribution in [-0.2, 0) is 4.79 Å². The number of carbonyl (C=O) groups excluding carboxylic acids is 1. The molecule has 0 aromatic heterocycles. The molecular formula is C25H35N3O4. The molecular weight excluding hydrogens is 406 g/mol. The maximum Gasteiger partial charge on any atom is 0.238 e. The van der Waals surface area contributed by atoms with Gasteiger partial charge in [-0.3, -0.25) is 14.6 Å². The van der Waals surface area contributed by atoms with E-state index >= 15 is 0 Å². The molecule has 1 aliphatic heterocycles. The van der Waals surface area contributed by atoms with Crippen LogP contribution in [0.2, 0.25) is 0 Å². The van der Waals surface area contributed by atoms with E-state index in [1.54, 1.807) is 4.90 Å². The summed E-state index contributed by atoms with van der Waals surface area (Å²) in [6, 6.07) is 4.33. The van der Waals surface area contributed by atoms with Crippen molar-refractivity contribution in [2.45, 2.75) is 26.7 Å². The zero-order valence-electron chi connectivity index (χ0n) is 31.6. The number of methoxy groups -OCH3 is 1. The molecule has 1 amide bonds. The number of hydrogen-bond donors (Lipinski definition) is 2. The molecule has 32 heavy (non-hydrogen) atoms. The number of hydrogen-bond acceptors (Lipinski definition) is 6. The summed E-state index contributed by atoms with van der Waals surface area (Å²) in [5.74, 6) is -1.11. The topological polar surface area (TPSA) is 74.3 Å². The smallest absolute Gasteiger partial charge is 0.238 e. The van der Waals surface area contributed by atoms with Gasteiger partial charge in [0.15, 0.2) is 11.5 Å². The summed E-state index contributed by atoms with van der Waals surface area (Å²) in [7, 11) is -2.80. The van der Waals surface area contributed by atoms with Gasteiger partial charge in [-0.05, 0) is 49.5 Å². The summed E-state index contributed by atoms with van der Waals surface area (Å²) in [5, 5.41) is 13.1. The van der Waals surface area contributed by atoms with Gasteiger partial charge in [0, 0.05) is 49.3 Å². The van der Waals surface area contributed by atoms with E-state index in [0.29, 0.717) is 0 Å². The van der Waals surface area contributed by atoms with Crippen LogP contribution in [0.15, 0.2) is 36.4 Å². The molecule has 2 aromatic carbocycles. The molecule has 1 unspecified atom stereocenters. The highest BCUT2D eigenvalue weighted by molar-refractivity contribution is 5.94. The van der Waals surface area contributed by atoms with Crippen molar-refractivity contribution >= 4 is 11.6 Å². The molecule has 1 fully saturated rings. The van der Waals surface area contributed by atoms with Gasteiger partial charge in [-0.15, -0.1) is 0 Å². The van der Waals surface area contributed by atoms with Crippen molar-refractivity contribution in [1.82, 2.24) is 9.80 Å². The second-order valence-corrected chi connectivity index (χ2v) is 7.21. The second-order valence-electron chi connectivity index (χ2n) is 7.21. The number of nitrogens with zero attached hydrogens (tertiary/aromatic N) is 2. The Morgan fingerprint density at radius 1 is 1.22 bits per heavy atom. The van der Waals surface area contributed by atoms with Crippen molar-refractivity contribution in [3.63, 3.8) is 0 Å². The third kappa shape index (κ3) is 6.45. The molecule has 1 heterocycles. The number of nitrogens with one attached hydrogen (secondary N) is 1. The number of para-hydroxylation sites is 2.